The Balaban J connectivity index is 1.65. The molecule has 2 aromatic carbocycles. The average molecular weight is 476 g/mol. The van der Waals surface area contributed by atoms with Crippen LogP contribution in [-0.2, 0) is 16.0 Å². The zero-order chi connectivity index (χ0) is 24.2. The molecule has 0 unspecified atom stereocenters. The summed E-state index contributed by atoms with van der Waals surface area (Å²) in [6.07, 6.45) is 3.44. The first-order valence-electron chi connectivity index (χ1n) is 10.7. The van der Waals surface area contributed by atoms with Crippen LogP contribution in [0.15, 0.2) is 58.5 Å². The Morgan fingerprint density at radius 3 is 2.71 bits per heavy atom. The predicted molar refractivity (Wildman–Crippen MR) is 135 cm³/mol. The second-order valence-corrected chi connectivity index (χ2v) is 8.64. The molecule has 0 aliphatic rings. The van der Waals surface area contributed by atoms with E-state index in [-0.39, 0.29) is 18.2 Å². The summed E-state index contributed by atoms with van der Waals surface area (Å²) in [4.78, 5) is 28.5. The lowest BCUT2D eigenvalue weighted by molar-refractivity contribution is -0.120. The smallest absolute Gasteiger partial charge is 0.250 e. The summed E-state index contributed by atoms with van der Waals surface area (Å²) in [6, 6.07) is 12.0. The van der Waals surface area contributed by atoms with E-state index in [9.17, 15) is 9.59 Å². The number of hydrogen-bond donors (Lipinski definition) is 2. The number of allylic oxidation sites excluding steroid dienone is 1. The minimum absolute atomic E-state index is 0.133. The molecule has 0 spiro atoms. The number of methoxy groups -OCH3 is 1. The lowest BCUT2D eigenvalue weighted by Gasteiger charge is -2.13. The van der Waals surface area contributed by atoms with Crippen molar-refractivity contribution < 1.29 is 18.7 Å². The maximum atomic E-state index is 12.7. The van der Waals surface area contributed by atoms with E-state index in [4.69, 9.17) is 9.15 Å². The van der Waals surface area contributed by atoms with Gasteiger partial charge in [0, 0.05) is 40.6 Å². The predicted octanol–water partition coefficient (Wildman–Crippen LogP) is 5.20. The number of carbonyl (C=O) groups is 2. The number of fused-ring (bicyclic) bond motifs is 1. The molecular weight excluding hydrogens is 450 g/mol. The molecule has 174 valence electrons. The van der Waals surface area contributed by atoms with E-state index in [1.807, 2.05) is 50.2 Å². The number of benzene rings is 2. The second-order valence-electron chi connectivity index (χ2n) is 7.79. The van der Waals surface area contributed by atoms with Gasteiger partial charge in [0.2, 0.25) is 11.8 Å². The highest BCUT2D eigenvalue weighted by atomic mass is 32.1. The van der Waals surface area contributed by atoms with Crippen molar-refractivity contribution in [2.45, 2.75) is 20.3 Å². The summed E-state index contributed by atoms with van der Waals surface area (Å²) < 4.78 is 11.6. The van der Waals surface area contributed by atoms with Crippen LogP contribution in [0.3, 0.4) is 0 Å². The summed E-state index contributed by atoms with van der Waals surface area (Å²) >= 11 is 1.28. The molecule has 2 N–H and O–H groups in total. The lowest BCUT2D eigenvalue weighted by atomic mass is 9.96. The molecule has 4 aromatic rings. The summed E-state index contributed by atoms with van der Waals surface area (Å²) in [5, 5.41) is 8.48. The van der Waals surface area contributed by atoms with Crippen LogP contribution in [0.5, 0.6) is 5.75 Å². The summed E-state index contributed by atoms with van der Waals surface area (Å²) in [5.41, 5.74) is 5.80. The fourth-order valence-electron chi connectivity index (χ4n) is 3.83. The van der Waals surface area contributed by atoms with Gasteiger partial charge < -0.3 is 14.5 Å². The number of aromatic nitrogens is 1. The number of furan rings is 1. The largest absolute Gasteiger partial charge is 0.496 e. The maximum absolute atomic E-state index is 12.7. The molecule has 2 amide bonds. The number of rotatable bonds is 7. The first-order valence-corrected chi connectivity index (χ1v) is 11.6. The number of carbonyl (C=O) groups excluding carboxylic acids is 2. The van der Waals surface area contributed by atoms with Crippen LogP contribution < -0.4 is 15.4 Å². The zero-order valence-electron chi connectivity index (χ0n) is 19.4. The van der Waals surface area contributed by atoms with Gasteiger partial charge in [-0.1, -0.05) is 30.3 Å². The molecule has 0 fully saturated rings. The fourth-order valence-corrected chi connectivity index (χ4v) is 4.54. The van der Waals surface area contributed by atoms with E-state index in [1.54, 1.807) is 25.8 Å². The standard InChI is InChI=1S/C26H25N3O4S/c1-15(10-23(31)29-26-28-18(14-34-26)11-22(30)27-3)19-12-20-21(17-8-6-5-7-9-17)13-33-25(20)16(2)24(19)32-4/h5-10,12-14H,11H2,1-4H3,(H,27,30)(H,28,29,31)/b15-10+. The van der Waals surface area contributed by atoms with Gasteiger partial charge in [0.05, 0.1) is 25.5 Å². The van der Waals surface area contributed by atoms with Gasteiger partial charge in [0.25, 0.3) is 0 Å². The summed E-state index contributed by atoms with van der Waals surface area (Å²) in [6.45, 7) is 3.81. The van der Waals surface area contributed by atoms with Gasteiger partial charge >= 0.3 is 0 Å². The van der Waals surface area contributed by atoms with Crippen LogP contribution in [0, 0.1) is 6.92 Å². The SMILES string of the molecule is CNC(=O)Cc1csc(NC(=O)/C=C(\C)c2cc3c(-c4ccccc4)coc3c(C)c2OC)n1. The number of hydrogen-bond acceptors (Lipinski definition) is 6. The molecule has 0 saturated heterocycles. The molecular formula is C26H25N3O4S. The lowest BCUT2D eigenvalue weighted by Crippen LogP contribution is -2.20. The van der Waals surface area contributed by atoms with Crippen LogP contribution in [0.1, 0.15) is 23.7 Å². The van der Waals surface area contributed by atoms with Crippen molar-refractivity contribution >= 4 is 44.8 Å². The molecule has 0 bridgehead atoms. The normalized spacial score (nSPS) is 11.5. The maximum Gasteiger partial charge on any atom is 0.250 e. The Morgan fingerprint density at radius 1 is 1.24 bits per heavy atom. The van der Waals surface area contributed by atoms with Crippen molar-refractivity contribution in [1.82, 2.24) is 10.3 Å². The van der Waals surface area contributed by atoms with Crippen molar-refractivity contribution in [1.29, 1.82) is 0 Å². The van der Waals surface area contributed by atoms with Gasteiger partial charge in [0.15, 0.2) is 5.13 Å². The average Bonchev–Trinajstić information content (AvgIpc) is 3.46. The van der Waals surface area contributed by atoms with Gasteiger partial charge in [-0.25, -0.2) is 4.98 Å². The number of nitrogens with one attached hydrogen (secondary N) is 2. The number of thiazole rings is 1. The van der Waals surface area contributed by atoms with E-state index < -0.39 is 0 Å². The third-order valence-electron chi connectivity index (χ3n) is 5.51. The Bertz CT molecular complexity index is 1390. The topological polar surface area (TPSA) is 93.5 Å². The fraction of sp³-hybridized carbons (Fsp3) is 0.192. The highest BCUT2D eigenvalue weighted by Gasteiger charge is 2.19. The third kappa shape index (κ3) is 4.72. The molecule has 4 rings (SSSR count). The minimum Gasteiger partial charge on any atom is -0.496 e. The van der Waals surface area contributed by atoms with Crippen LogP contribution >= 0.6 is 11.3 Å². The quantitative estimate of drug-likeness (QED) is 0.358. The minimum atomic E-state index is -0.311. The number of nitrogens with zero attached hydrogens (tertiary/aromatic N) is 1. The molecule has 0 radical (unpaired) electrons. The van der Waals surface area contributed by atoms with Gasteiger partial charge in [-0.3, -0.25) is 14.9 Å². The number of anilines is 1. The molecule has 8 heteroatoms. The number of aryl methyl sites for hydroxylation is 1. The Labute approximate surface area is 201 Å². The van der Waals surface area contributed by atoms with Crippen LogP contribution in [0.4, 0.5) is 5.13 Å². The van der Waals surface area contributed by atoms with E-state index in [2.05, 4.69) is 15.6 Å². The molecule has 2 aromatic heterocycles. The Hall–Kier alpha value is -3.91. The monoisotopic (exact) mass is 475 g/mol. The molecule has 34 heavy (non-hydrogen) atoms. The van der Waals surface area contributed by atoms with Crippen LogP contribution in [0.25, 0.3) is 27.7 Å². The van der Waals surface area contributed by atoms with Crippen LogP contribution in [0.2, 0.25) is 0 Å². The van der Waals surface area contributed by atoms with Crippen molar-refractivity contribution in [3.05, 3.63) is 70.9 Å². The summed E-state index contributed by atoms with van der Waals surface area (Å²) in [7, 11) is 3.18. The first-order chi connectivity index (χ1) is 16.4. The Morgan fingerprint density at radius 2 is 2.00 bits per heavy atom. The number of amides is 2. The van der Waals surface area contributed by atoms with Crippen molar-refractivity contribution in [3.8, 4) is 16.9 Å². The van der Waals surface area contributed by atoms with E-state index in [0.717, 1.165) is 38.8 Å². The zero-order valence-corrected chi connectivity index (χ0v) is 20.2. The van der Waals surface area contributed by atoms with Crippen molar-refractivity contribution in [2.75, 3.05) is 19.5 Å². The molecule has 0 aliphatic carbocycles. The van der Waals surface area contributed by atoms with E-state index in [1.165, 1.54) is 17.4 Å². The first kappa shape index (κ1) is 23.3. The van der Waals surface area contributed by atoms with E-state index >= 15 is 0 Å². The van der Waals surface area contributed by atoms with Crippen LogP contribution in [-0.4, -0.2) is 31.0 Å². The van der Waals surface area contributed by atoms with Gasteiger partial charge in [-0.15, -0.1) is 11.3 Å². The molecule has 0 saturated carbocycles. The molecule has 7 nitrogen and oxygen atoms in total. The highest BCUT2D eigenvalue weighted by molar-refractivity contribution is 7.14. The van der Waals surface area contributed by atoms with Crippen molar-refractivity contribution in [3.63, 3.8) is 0 Å². The molecule has 0 atom stereocenters. The van der Waals surface area contributed by atoms with Gasteiger partial charge in [-0.05, 0) is 31.1 Å². The van der Waals surface area contributed by atoms with Gasteiger partial charge in [0.1, 0.15) is 11.3 Å². The molecule has 0 aliphatic heterocycles. The Kier molecular flexibility index (Phi) is 6.79. The summed E-state index contributed by atoms with van der Waals surface area (Å²) in [5.74, 6) is 0.213. The van der Waals surface area contributed by atoms with Gasteiger partial charge in [-0.2, -0.15) is 0 Å². The van der Waals surface area contributed by atoms with Crippen molar-refractivity contribution in [2.24, 2.45) is 0 Å². The third-order valence-corrected chi connectivity index (χ3v) is 6.31. The number of ether oxygens (including phenoxy) is 1. The van der Waals surface area contributed by atoms with E-state index in [0.29, 0.717) is 16.6 Å². The number of likely N-dealkylation sites (N-methyl/N-ethyl adjacent to an activating group) is 1. The highest BCUT2D eigenvalue weighted by Crippen LogP contribution is 2.40. The molecule has 2 heterocycles. The second kappa shape index (κ2) is 9.93.